The van der Waals surface area contributed by atoms with Crippen LogP contribution in [0.1, 0.15) is 132 Å². The van der Waals surface area contributed by atoms with Gasteiger partial charge in [0.25, 0.3) is 0 Å². The molecule has 0 aromatic heterocycles. The van der Waals surface area contributed by atoms with Gasteiger partial charge >= 0.3 is 0 Å². The smallest absolute Gasteiger partial charge is 0.177 e. The third-order valence-corrected chi connectivity index (χ3v) is 19.3. The first kappa shape index (κ1) is 39.9. The van der Waals surface area contributed by atoms with E-state index in [4.69, 9.17) is 66.2 Å². The number of nitrogens with two attached hydrogens (primary N) is 3. The van der Waals surface area contributed by atoms with E-state index in [1.165, 1.54) is 88.2 Å². The van der Waals surface area contributed by atoms with Crippen molar-refractivity contribution < 1.29 is 14.2 Å². The maximum atomic E-state index is 7.87. The summed E-state index contributed by atoms with van der Waals surface area (Å²) in [5.74, 6) is 10.5. The van der Waals surface area contributed by atoms with Crippen LogP contribution >= 0.6 is 34.8 Å². The van der Waals surface area contributed by atoms with Crippen LogP contribution in [0.5, 0.6) is 34.5 Å². The van der Waals surface area contributed by atoms with Gasteiger partial charge in [0.15, 0.2) is 23.0 Å². The SMILES string of the molecule is Nc1cc(Cl)ccc1Oc1c(Oc2ccc(Cl)cc2N)c(C23CC4CC(CC(C4)C2)C3)c(C23CC4CC(CC(C4)C2)C3)c(Oc2ccc(Cl)cc2N)c1C12CC3CC(CC(C3)C1)C2. The van der Waals surface area contributed by atoms with Crippen LogP contribution in [0.4, 0.5) is 17.1 Å². The van der Waals surface area contributed by atoms with Crippen molar-refractivity contribution in [2.45, 2.75) is 132 Å². The van der Waals surface area contributed by atoms with Gasteiger partial charge in [0.05, 0.1) is 17.1 Å². The Morgan fingerprint density at radius 1 is 0.349 bits per heavy atom. The van der Waals surface area contributed by atoms with Crippen molar-refractivity contribution in [3.63, 3.8) is 0 Å². The average Bonchev–Trinajstić information content (AvgIpc) is 3.20. The molecule has 12 bridgehead atoms. The Balaban J connectivity index is 1.19. The van der Waals surface area contributed by atoms with Crippen LogP contribution in [0.3, 0.4) is 0 Å². The average molecular weight is 905 g/mol. The van der Waals surface area contributed by atoms with Gasteiger partial charge in [0.1, 0.15) is 11.5 Å². The van der Waals surface area contributed by atoms with E-state index in [1.807, 2.05) is 48.5 Å². The predicted octanol–water partition coefficient (Wildman–Crippen LogP) is 15.2. The molecule has 0 heterocycles. The zero-order valence-electron chi connectivity index (χ0n) is 36.2. The molecule has 0 radical (unpaired) electrons. The van der Waals surface area contributed by atoms with E-state index in [9.17, 15) is 0 Å². The van der Waals surface area contributed by atoms with Gasteiger partial charge in [0, 0.05) is 48.0 Å². The van der Waals surface area contributed by atoms with Crippen LogP contribution in [0.25, 0.3) is 0 Å². The molecule has 0 spiro atoms. The Hall–Kier alpha value is -3.45. The minimum absolute atomic E-state index is 0.0809. The van der Waals surface area contributed by atoms with E-state index in [0.717, 1.165) is 61.3 Å². The fourth-order valence-corrected chi connectivity index (χ4v) is 18.4. The highest BCUT2D eigenvalue weighted by Gasteiger charge is 2.62. The number of hydrogen-bond acceptors (Lipinski definition) is 6. The third-order valence-electron chi connectivity index (χ3n) is 18.6. The minimum atomic E-state index is -0.206. The third kappa shape index (κ3) is 6.44. The quantitative estimate of drug-likeness (QED) is 0.145. The van der Waals surface area contributed by atoms with E-state index >= 15 is 0 Å². The van der Waals surface area contributed by atoms with Gasteiger partial charge in [-0.2, -0.15) is 0 Å². The van der Waals surface area contributed by atoms with Crippen LogP contribution in [0, 0.1) is 53.3 Å². The molecular formula is C54H60Cl3N3O3. The minimum Gasteiger partial charge on any atom is -0.454 e. The molecule has 0 saturated heterocycles. The van der Waals surface area contributed by atoms with Crippen molar-refractivity contribution >= 4 is 51.9 Å². The molecule has 12 aliphatic rings. The van der Waals surface area contributed by atoms with Crippen molar-refractivity contribution in [1.29, 1.82) is 0 Å². The second kappa shape index (κ2) is 14.3. The molecule has 0 unspecified atom stereocenters. The van der Waals surface area contributed by atoms with Gasteiger partial charge < -0.3 is 31.4 Å². The normalized spacial score (nSPS) is 37.5. The summed E-state index contributed by atoms with van der Waals surface area (Å²) >= 11 is 19.9. The molecule has 6 N–H and O–H groups in total. The van der Waals surface area contributed by atoms with Gasteiger partial charge in [0.2, 0.25) is 0 Å². The highest BCUT2D eigenvalue weighted by Crippen LogP contribution is 2.73. The molecule has 4 aromatic rings. The fraction of sp³-hybridized carbons (Fsp3) is 0.556. The number of hydrogen-bond donors (Lipinski definition) is 3. The molecular weight excluding hydrogens is 845 g/mol. The number of halogens is 3. The first-order valence-corrected chi connectivity index (χ1v) is 25.5. The van der Waals surface area contributed by atoms with Gasteiger partial charge in [-0.25, -0.2) is 0 Å². The summed E-state index contributed by atoms with van der Waals surface area (Å²) in [7, 11) is 0. The summed E-state index contributed by atoms with van der Waals surface area (Å²) in [4.78, 5) is 0. The molecule has 4 aromatic carbocycles. The van der Waals surface area contributed by atoms with Crippen molar-refractivity contribution in [3.8, 4) is 34.5 Å². The number of ether oxygens (including phenoxy) is 3. The summed E-state index contributed by atoms with van der Waals surface area (Å²) in [6.45, 7) is 0. The lowest BCUT2D eigenvalue weighted by Crippen LogP contribution is -2.53. The van der Waals surface area contributed by atoms with E-state index in [0.29, 0.717) is 103 Å². The molecule has 0 aliphatic heterocycles. The lowest BCUT2D eigenvalue weighted by molar-refractivity contribution is -0.0205. The monoisotopic (exact) mass is 903 g/mol. The van der Waals surface area contributed by atoms with Gasteiger partial charge in [-0.3, -0.25) is 0 Å². The molecule has 9 heteroatoms. The maximum absolute atomic E-state index is 7.87. The number of benzene rings is 4. The fourth-order valence-electron chi connectivity index (χ4n) is 17.9. The first-order chi connectivity index (χ1) is 30.4. The van der Waals surface area contributed by atoms with E-state index in [1.54, 1.807) is 6.07 Å². The standard InChI is InChI=1S/C54H60Cl3N3O3/c55-37-1-4-43(40(58)16-37)61-49-46(52-19-28-7-29(20-52)9-30(8-28)21-52)47(53-22-31-10-32(23-53)12-33(11-31)24-53)50(62-44-5-2-38(56)17-41(44)59)51(63-45-6-3-39(57)18-42(45)60)48(49)54-25-34-13-35(26-54)15-36(14-34)27-54/h1-6,16-18,28-36H,7-15,19-27,58-60H2. The summed E-state index contributed by atoms with van der Waals surface area (Å²) < 4.78 is 23.2. The second-order valence-corrected chi connectivity index (χ2v) is 24.4. The Labute approximate surface area is 387 Å². The van der Waals surface area contributed by atoms with Crippen molar-refractivity contribution in [2.24, 2.45) is 53.3 Å². The molecule has 63 heavy (non-hydrogen) atoms. The highest BCUT2D eigenvalue weighted by atomic mass is 35.5. The predicted molar refractivity (Wildman–Crippen MR) is 254 cm³/mol. The molecule has 330 valence electrons. The molecule has 12 fully saturated rings. The molecule has 0 atom stereocenters. The summed E-state index contributed by atoms with van der Waals surface area (Å²) in [5.41, 5.74) is 25.9. The number of nitrogen functional groups attached to an aromatic ring is 3. The molecule has 12 aliphatic carbocycles. The Morgan fingerprint density at radius 2 is 0.587 bits per heavy atom. The lowest BCUT2D eigenvalue weighted by atomic mass is 9.43. The van der Waals surface area contributed by atoms with Crippen molar-refractivity contribution in [2.75, 3.05) is 17.2 Å². The lowest BCUT2D eigenvalue weighted by Gasteiger charge is -2.62. The Morgan fingerprint density at radius 3 is 0.873 bits per heavy atom. The largest absolute Gasteiger partial charge is 0.454 e. The van der Waals surface area contributed by atoms with Crippen LogP contribution in [0.2, 0.25) is 15.1 Å². The number of anilines is 3. The van der Waals surface area contributed by atoms with Crippen molar-refractivity contribution in [3.05, 3.63) is 86.4 Å². The molecule has 16 rings (SSSR count). The topological polar surface area (TPSA) is 106 Å². The van der Waals surface area contributed by atoms with E-state index in [2.05, 4.69) is 0 Å². The zero-order chi connectivity index (χ0) is 42.6. The maximum Gasteiger partial charge on any atom is 0.177 e. The zero-order valence-corrected chi connectivity index (χ0v) is 38.5. The molecule has 6 nitrogen and oxygen atoms in total. The second-order valence-electron chi connectivity index (χ2n) is 23.1. The number of rotatable bonds is 9. The summed E-state index contributed by atoms with van der Waals surface area (Å²) in [5, 5.41) is 1.75. The van der Waals surface area contributed by atoms with E-state index < -0.39 is 0 Å². The van der Waals surface area contributed by atoms with Gasteiger partial charge in [-0.05, 0) is 223 Å². The summed E-state index contributed by atoms with van der Waals surface area (Å²) in [6.07, 6.45) is 22.2. The van der Waals surface area contributed by atoms with Crippen LogP contribution in [-0.2, 0) is 16.2 Å². The Bertz CT molecular complexity index is 2450. The summed E-state index contributed by atoms with van der Waals surface area (Å²) in [6, 6.07) is 17.0. The first-order valence-electron chi connectivity index (χ1n) is 24.3. The van der Waals surface area contributed by atoms with Gasteiger partial charge in [-0.1, -0.05) is 34.8 Å². The van der Waals surface area contributed by atoms with Crippen LogP contribution < -0.4 is 31.4 Å². The van der Waals surface area contributed by atoms with Crippen LogP contribution in [-0.4, -0.2) is 0 Å². The molecule has 0 amide bonds. The van der Waals surface area contributed by atoms with Gasteiger partial charge in [-0.15, -0.1) is 0 Å². The van der Waals surface area contributed by atoms with E-state index in [-0.39, 0.29) is 16.2 Å². The van der Waals surface area contributed by atoms with Crippen molar-refractivity contribution in [1.82, 2.24) is 0 Å². The van der Waals surface area contributed by atoms with Crippen LogP contribution in [0.15, 0.2) is 54.6 Å². The highest BCUT2D eigenvalue weighted by molar-refractivity contribution is 6.31. The Kier molecular flexibility index (Phi) is 9.04. The molecule has 12 saturated carbocycles.